The SMILES string of the molecule is O=C(NC1CCCCC1)C(Cc1ccccc1)N(Cc1ccccc1Cl)C(=O)CCc1ccccc1Cl. The summed E-state index contributed by atoms with van der Waals surface area (Å²) in [4.78, 5) is 29.3. The molecule has 6 heteroatoms. The molecule has 0 saturated heterocycles. The Morgan fingerprint density at radius 1 is 0.811 bits per heavy atom. The van der Waals surface area contributed by atoms with Gasteiger partial charge in [-0.25, -0.2) is 0 Å². The molecule has 3 aromatic carbocycles. The highest BCUT2D eigenvalue weighted by Crippen LogP contribution is 2.24. The first-order chi connectivity index (χ1) is 18.0. The van der Waals surface area contributed by atoms with Crippen LogP contribution in [0.15, 0.2) is 78.9 Å². The summed E-state index contributed by atoms with van der Waals surface area (Å²) in [7, 11) is 0. The van der Waals surface area contributed by atoms with Gasteiger partial charge < -0.3 is 10.2 Å². The molecule has 1 fully saturated rings. The number of hydrogen-bond acceptors (Lipinski definition) is 2. The van der Waals surface area contributed by atoms with E-state index >= 15 is 0 Å². The van der Waals surface area contributed by atoms with Gasteiger partial charge in [0.25, 0.3) is 0 Å². The number of rotatable bonds is 10. The van der Waals surface area contributed by atoms with Gasteiger partial charge in [0.2, 0.25) is 11.8 Å². The predicted molar refractivity (Wildman–Crippen MR) is 151 cm³/mol. The standard InChI is InChI=1S/C31H34Cl2N2O2/c32-27-17-9-7-13-24(27)19-20-30(36)35(22-25-14-8-10-18-28(25)33)29(21-23-11-3-1-4-12-23)31(37)34-26-15-5-2-6-16-26/h1,3-4,7-14,17-18,26,29H,2,5-6,15-16,19-22H2,(H,34,37). The molecule has 0 heterocycles. The number of carbonyl (C=O) groups excluding carboxylic acids is 2. The first-order valence-electron chi connectivity index (χ1n) is 13.1. The molecular weight excluding hydrogens is 503 g/mol. The Bertz CT molecular complexity index is 1180. The fourth-order valence-corrected chi connectivity index (χ4v) is 5.42. The van der Waals surface area contributed by atoms with Gasteiger partial charge in [0.15, 0.2) is 0 Å². The molecule has 194 valence electrons. The van der Waals surface area contributed by atoms with E-state index < -0.39 is 6.04 Å². The number of nitrogens with zero attached hydrogens (tertiary/aromatic N) is 1. The van der Waals surface area contributed by atoms with E-state index in [-0.39, 0.29) is 30.8 Å². The molecule has 4 nitrogen and oxygen atoms in total. The van der Waals surface area contributed by atoms with Crippen molar-refractivity contribution in [1.82, 2.24) is 10.2 Å². The van der Waals surface area contributed by atoms with Crippen LogP contribution < -0.4 is 5.32 Å². The van der Waals surface area contributed by atoms with Gasteiger partial charge in [0, 0.05) is 35.5 Å². The maximum Gasteiger partial charge on any atom is 0.243 e. The van der Waals surface area contributed by atoms with Crippen LogP contribution in [0.4, 0.5) is 0 Å². The van der Waals surface area contributed by atoms with Crippen molar-refractivity contribution in [3.05, 3.63) is 106 Å². The summed E-state index contributed by atoms with van der Waals surface area (Å²) in [6.07, 6.45) is 6.59. The molecule has 1 N–H and O–H groups in total. The molecule has 1 atom stereocenters. The third-order valence-corrected chi connectivity index (χ3v) is 7.82. The zero-order chi connectivity index (χ0) is 26.0. The first-order valence-corrected chi connectivity index (χ1v) is 13.9. The van der Waals surface area contributed by atoms with Crippen LogP contribution in [0.25, 0.3) is 0 Å². The number of halogens is 2. The van der Waals surface area contributed by atoms with Crippen LogP contribution in [0.3, 0.4) is 0 Å². The van der Waals surface area contributed by atoms with Crippen LogP contribution in [-0.2, 0) is 29.0 Å². The molecule has 1 saturated carbocycles. The zero-order valence-electron chi connectivity index (χ0n) is 21.0. The van der Waals surface area contributed by atoms with Crippen LogP contribution in [0.1, 0.15) is 55.2 Å². The van der Waals surface area contributed by atoms with Gasteiger partial charge >= 0.3 is 0 Å². The van der Waals surface area contributed by atoms with E-state index in [4.69, 9.17) is 23.2 Å². The second-order valence-corrected chi connectivity index (χ2v) is 10.6. The van der Waals surface area contributed by atoms with E-state index in [1.165, 1.54) is 6.42 Å². The van der Waals surface area contributed by atoms with Gasteiger partial charge in [-0.3, -0.25) is 9.59 Å². The highest BCUT2D eigenvalue weighted by molar-refractivity contribution is 6.31. The molecule has 1 aliphatic rings. The molecule has 0 spiro atoms. The van der Waals surface area contributed by atoms with Crippen molar-refractivity contribution in [1.29, 1.82) is 0 Å². The lowest BCUT2D eigenvalue weighted by Gasteiger charge is -2.34. The van der Waals surface area contributed by atoms with Crippen LogP contribution in [-0.4, -0.2) is 28.8 Å². The molecular formula is C31H34Cl2N2O2. The number of benzene rings is 3. The Morgan fingerprint density at radius 3 is 2.05 bits per heavy atom. The van der Waals surface area contributed by atoms with Crippen LogP contribution in [0.5, 0.6) is 0 Å². The maximum absolute atomic E-state index is 13.8. The van der Waals surface area contributed by atoms with Gasteiger partial charge in [-0.05, 0) is 48.1 Å². The third kappa shape index (κ3) is 7.83. The normalized spacial score (nSPS) is 14.6. The molecule has 1 aliphatic carbocycles. The van der Waals surface area contributed by atoms with Crippen molar-refractivity contribution in [2.24, 2.45) is 0 Å². The fourth-order valence-electron chi connectivity index (χ4n) is 4.99. The summed E-state index contributed by atoms with van der Waals surface area (Å²) in [5.41, 5.74) is 2.75. The lowest BCUT2D eigenvalue weighted by Crippen LogP contribution is -2.53. The van der Waals surface area contributed by atoms with Crippen molar-refractivity contribution in [3.63, 3.8) is 0 Å². The average molecular weight is 538 g/mol. The van der Waals surface area contributed by atoms with Gasteiger partial charge in [0.05, 0.1) is 0 Å². The lowest BCUT2D eigenvalue weighted by atomic mass is 9.94. The number of amides is 2. The summed E-state index contributed by atoms with van der Waals surface area (Å²) in [6.45, 7) is 0.261. The molecule has 3 aromatic rings. The quantitative estimate of drug-likeness (QED) is 0.302. The zero-order valence-corrected chi connectivity index (χ0v) is 22.6. The van der Waals surface area contributed by atoms with E-state index in [1.807, 2.05) is 78.9 Å². The molecule has 1 unspecified atom stereocenters. The predicted octanol–water partition coefficient (Wildman–Crippen LogP) is 7.02. The molecule has 0 radical (unpaired) electrons. The summed E-state index contributed by atoms with van der Waals surface area (Å²) in [5, 5.41) is 4.49. The largest absolute Gasteiger partial charge is 0.352 e. The molecule has 0 aromatic heterocycles. The van der Waals surface area contributed by atoms with E-state index in [0.717, 1.165) is 42.4 Å². The smallest absolute Gasteiger partial charge is 0.243 e. The van der Waals surface area contributed by atoms with Gasteiger partial charge in [-0.1, -0.05) is 109 Å². The number of hydrogen-bond donors (Lipinski definition) is 1. The van der Waals surface area contributed by atoms with Crippen molar-refractivity contribution >= 4 is 35.0 Å². The van der Waals surface area contributed by atoms with Crippen molar-refractivity contribution < 1.29 is 9.59 Å². The van der Waals surface area contributed by atoms with E-state index in [0.29, 0.717) is 22.9 Å². The third-order valence-electron chi connectivity index (χ3n) is 7.09. The summed E-state index contributed by atoms with van der Waals surface area (Å²) in [6, 6.07) is 24.4. The topological polar surface area (TPSA) is 49.4 Å². The van der Waals surface area contributed by atoms with Gasteiger partial charge in [-0.15, -0.1) is 0 Å². The second kappa shape index (κ2) is 13.6. The first kappa shape index (κ1) is 27.2. The van der Waals surface area contributed by atoms with Crippen LogP contribution in [0.2, 0.25) is 10.0 Å². The number of carbonyl (C=O) groups is 2. The van der Waals surface area contributed by atoms with E-state index in [9.17, 15) is 9.59 Å². The van der Waals surface area contributed by atoms with Gasteiger partial charge in [0.1, 0.15) is 6.04 Å². The van der Waals surface area contributed by atoms with Gasteiger partial charge in [-0.2, -0.15) is 0 Å². The minimum atomic E-state index is -0.653. The molecule has 0 aliphatic heterocycles. The van der Waals surface area contributed by atoms with E-state index in [1.54, 1.807) is 4.90 Å². The maximum atomic E-state index is 13.8. The molecule has 4 rings (SSSR count). The highest BCUT2D eigenvalue weighted by atomic mass is 35.5. The van der Waals surface area contributed by atoms with E-state index in [2.05, 4.69) is 5.32 Å². The summed E-state index contributed by atoms with van der Waals surface area (Å²) in [5.74, 6) is -0.200. The number of nitrogens with one attached hydrogen (secondary N) is 1. The number of aryl methyl sites for hydroxylation is 1. The Hall–Kier alpha value is -2.82. The van der Waals surface area contributed by atoms with Crippen LogP contribution in [0, 0.1) is 0 Å². The van der Waals surface area contributed by atoms with Crippen molar-refractivity contribution in [2.45, 2.75) is 70.0 Å². The minimum absolute atomic E-state index is 0.0976. The Balaban J connectivity index is 1.62. The lowest BCUT2D eigenvalue weighted by molar-refractivity contribution is -0.141. The highest BCUT2D eigenvalue weighted by Gasteiger charge is 2.32. The Morgan fingerprint density at radius 2 is 1.41 bits per heavy atom. The molecule has 2 amide bonds. The Kier molecular flexibility index (Phi) is 10.0. The molecule has 0 bridgehead atoms. The Labute approximate surface area is 230 Å². The van der Waals surface area contributed by atoms with Crippen LogP contribution >= 0.6 is 23.2 Å². The van der Waals surface area contributed by atoms with Crippen molar-refractivity contribution in [2.75, 3.05) is 0 Å². The molecule has 37 heavy (non-hydrogen) atoms. The summed E-state index contributed by atoms with van der Waals surface area (Å²) >= 11 is 12.9. The minimum Gasteiger partial charge on any atom is -0.352 e. The van der Waals surface area contributed by atoms with Crippen molar-refractivity contribution in [3.8, 4) is 0 Å². The second-order valence-electron chi connectivity index (χ2n) is 9.75. The fraction of sp³-hybridized carbons (Fsp3) is 0.355. The summed E-state index contributed by atoms with van der Waals surface area (Å²) < 4.78 is 0. The average Bonchev–Trinajstić information content (AvgIpc) is 2.92. The monoisotopic (exact) mass is 536 g/mol.